The molecule has 0 radical (unpaired) electrons. The third-order valence-electron chi connectivity index (χ3n) is 3.38. The number of nitrogens with one attached hydrogen (secondary N) is 1. The van der Waals surface area contributed by atoms with Gasteiger partial charge in [-0.15, -0.1) is 0 Å². The molecule has 0 spiro atoms. The van der Waals surface area contributed by atoms with E-state index in [2.05, 4.69) is 21.2 Å². The van der Waals surface area contributed by atoms with E-state index in [0.29, 0.717) is 6.54 Å². The summed E-state index contributed by atoms with van der Waals surface area (Å²) in [6.45, 7) is 0.643. The zero-order valence-corrected chi connectivity index (χ0v) is 12.5. The molecule has 2 heterocycles. The number of anilines is 2. The van der Waals surface area contributed by atoms with Crippen LogP contribution in [0.2, 0.25) is 0 Å². The van der Waals surface area contributed by atoms with Crippen LogP contribution >= 0.6 is 15.9 Å². The normalized spacial score (nSPS) is 16.9. The van der Waals surface area contributed by atoms with E-state index in [9.17, 15) is 4.79 Å². The number of nitrogens with two attached hydrogens (primary N) is 1. The number of carbonyl (C=O) groups excluding carboxylic acids is 1. The highest BCUT2D eigenvalue weighted by Crippen LogP contribution is 2.38. The average Bonchev–Trinajstić information content (AvgIpc) is 3.00. The van der Waals surface area contributed by atoms with Gasteiger partial charge in [0.05, 0.1) is 18.5 Å². The van der Waals surface area contributed by atoms with E-state index in [4.69, 9.17) is 10.2 Å². The number of amides is 1. The van der Waals surface area contributed by atoms with Crippen molar-refractivity contribution in [2.75, 3.05) is 17.3 Å². The zero-order chi connectivity index (χ0) is 14.3. The summed E-state index contributed by atoms with van der Waals surface area (Å²) in [6.07, 6.45) is 1.65. The molecule has 5 nitrogen and oxygen atoms in total. The van der Waals surface area contributed by atoms with Crippen LogP contribution in [0.1, 0.15) is 17.4 Å². The fraction of sp³-hybridized carbons (Fsp3) is 0.214. The molecule has 1 amide bonds. The third-order valence-corrected chi connectivity index (χ3v) is 4.01. The number of furan rings is 1. The summed E-state index contributed by atoms with van der Waals surface area (Å²) in [5, 5.41) is 2.79. The minimum Gasteiger partial charge on any atom is -0.467 e. The van der Waals surface area contributed by atoms with Crippen LogP contribution in [0.15, 0.2) is 39.4 Å². The summed E-state index contributed by atoms with van der Waals surface area (Å²) in [5.41, 5.74) is 8.39. The molecule has 0 saturated heterocycles. The van der Waals surface area contributed by atoms with Gasteiger partial charge in [-0.25, -0.2) is 0 Å². The summed E-state index contributed by atoms with van der Waals surface area (Å²) < 4.78 is 6.25. The molecule has 6 heteroatoms. The Morgan fingerprint density at radius 2 is 2.30 bits per heavy atom. The van der Waals surface area contributed by atoms with Crippen molar-refractivity contribution in [3.8, 4) is 0 Å². The van der Waals surface area contributed by atoms with E-state index in [1.54, 1.807) is 6.26 Å². The molecule has 0 bridgehead atoms. The Bertz CT molecular complexity index is 655. The maximum atomic E-state index is 11.6. The van der Waals surface area contributed by atoms with Gasteiger partial charge in [0.1, 0.15) is 11.8 Å². The van der Waals surface area contributed by atoms with Crippen LogP contribution in [0.25, 0.3) is 0 Å². The first kappa shape index (κ1) is 13.2. The topological polar surface area (TPSA) is 71.5 Å². The number of fused-ring (bicyclic) bond motifs is 1. The minimum absolute atomic E-state index is 0.169. The summed E-state index contributed by atoms with van der Waals surface area (Å²) in [5.74, 6) is 0.707. The van der Waals surface area contributed by atoms with E-state index in [1.165, 1.54) is 0 Å². The standard InChI is InChI=1S/C14H14BrN3O2/c1-18(7-8-3-2-4-20-8)12-6-11-9(5-10(12)15)13(16)14(19)17-11/h2-6,13H,7,16H2,1H3,(H,17,19). The molecule has 1 aromatic heterocycles. The fourth-order valence-electron chi connectivity index (χ4n) is 2.31. The van der Waals surface area contributed by atoms with Crippen LogP contribution in [0.3, 0.4) is 0 Å². The van der Waals surface area contributed by atoms with Gasteiger partial charge >= 0.3 is 0 Å². The lowest BCUT2D eigenvalue weighted by atomic mass is 10.1. The molecular formula is C14H14BrN3O2. The molecule has 1 aliphatic heterocycles. The quantitative estimate of drug-likeness (QED) is 0.904. The van der Waals surface area contributed by atoms with E-state index < -0.39 is 6.04 Å². The van der Waals surface area contributed by atoms with Crippen LogP contribution in [-0.4, -0.2) is 13.0 Å². The van der Waals surface area contributed by atoms with Crippen LogP contribution in [0, 0.1) is 0 Å². The van der Waals surface area contributed by atoms with Gasteiger partial charge in [0.15, 0.2) is 0 Å². The zero-order valence-electron chi connectivity index (χ0n) is 10.9. The molecule has 3 rings (SSSR count). The monoisotopic (exact) mass is 335 g/mol. The van der Waals surface area contributed by atoms with Crippen molar-refractivity contribution in [1.82, 2.24) is 0 Å². The maximum Gasteiger partial charge on any atom is 0.245 e. The first-order valence-electron chi connectivity index (χ1n) is 6.19. The van der Waals surface area contributed by atoms with Crippen molar-refractivity contribution in [2.45, 2.75) is 12.6 Å². The largest absolute Gasteiger partial charge is 0.467 e. The lowest BCUT2D eigenvalue weighted by molar-refractivity contribution is -0.116. The summed E-state index contributed by atoms with van der Waals surface area (Å²) >= 11 is 3.54. The molecule has 1 atom stereocenters. The van der Waals surface area contributed by atoms with Gasteiger partial charge in [-0.05, 0) is 40.2 Å². The molecule has 1 aromatic carbocycles. The second kappa shape index (κ2) is 4.96. The van der Waals surface area contributed by atoms with Gasteiger partial charge in [-0.1, -0.05) is 0 Å². The Hall–Kier alpha value is -1.79. The molecular weight excluding hydrogens is 322 g/mol. The Kier molecular flexibility index (Phi) is 3.27. The Balaban J connectivity index is 1.91. The Morgan fingerprint density at radius 3 is 3.00 bits per heavy atom. The highest BCUT2D eigenvalue weighted by atomic mass is 79.9. The number of hydrogen-bond acceptors (Lipinski definition) is 4. The summed E-state index contributed by atoms with van der Waals surface area (Å²) in [7, 11) is 1.96. The van der Waals surface area contributed by atoms with Crippen molar-refractivity contribution in [3.05, 3.63) is 46.3 Å². The van der Waals surface area contributed by atoms with E-state index in [-0.39, 0.29) is 5.91 Å². The lowest BCUT2D eigenvalue weighted by Gasteiger charge is -2.20. The van der Waals surface area contributed by atoms with Crippen molar-refractivity contribution >= 4 is 33.2 Å². The molecule has 2 aromatic rings. The van der Waals surface area contributed by atoms with Gasteiger partial charge in [-0.3, -0.25) is 4.79 Å². The molecule has 1 unspecified atom stereocenters. The van der Waals surface area contributed by atoms with Gasteiger partial charge in [0.25, 0.3) is 0 Å². The fourth-order valence-corrected chi connectivity index (χ4v) is 2.97. The molecule has 104 valence electrons. The highest BCUT2D eigenvalue weighted by molar-refractivity contribution is 9.10. The number of halogens is 1. The van der Waals surface area contributed by atoms with E-state index in [0.717, 1.165) is 27.2 Å². The van der Waals surface area contributed by atoms with Crippen LogP contribution in [-0.2, 0) is 11.3 Å². The van der Waals surface area contributed by atoms with Crippen molar-refractivity contribution < 1.29 is 9.21 Å². The smallest absolute Gasteiger partial charge is 0.245 e. The molecule has 20 heavy (non-hydrogen) atoms. The van der Waals surface area contributed by atoms with Gasteiger partial charge in [-0.2, -0.15) is 0 Å². The third kappa shape index (κ3) is 2.21. The first-order valence-corrected chi connectivity index (χ1v) is 6.99. The van der Waals surface area contributed by atoms with Gasteiger partial charge < -0.3 is 20.4 Å². The van der Waals surface area contributed by atoms with E-state index in [1.807, 2.05) is 36.2 Å². The van der Waals surface area contributed by atoms with Gasteiger partial charge in [0.2, 0.25) is 5.91 Å². The Morgan fingerprint density at radius 1 is 1.50 bits per heavy atom. The second-order valence-corrected chi connectivity index (χ2v) is 5.65. The van der Waals surface area contributed by atoms with Crippen molar-refractivity contribution in [2.24, 2.45) is 5.73 Å². The van der Waals surface area contributed by atoms with Gasteiger partial charge in [0, 0.05) is 22.8 Å². The molecule has 0 fully saturated rings. The predicted octanol–water partition coefficient (Wildman–Crippen LogP) is 2.63. The molecule has 0 aliphatic carbocycles. The second-order valence-electron chi connectivity index (χ2n) is 4.79. The van der Waals surface area contributed by atoms with Crippen molar-refractivity contribution in [3.63, 3.8) is 0 Å². The minimum atomic E-state index is -0.592. The SMILES string of the molecule is CN(Cc1ccco1)c1cc2c(cc1Br)C(N)C(=O)N2. The molecule has 0 saturated carbocycles. The number of nitrogens with zero attached hydrogens (tertiary/aromatic N) is 1. The summed E-state index contributed by atoms with van der Waals surface area (Å²) in [4.78, 5) is 13.6. The summed E-state index contributed by atoms with van der Waals surface area (Å²) in [6, 6.07) is 7.01. The highest BCUT2D eigenvalue weighted by Gasteiger charge is 2.28. The Labute approximate surface area is 124 Å². The predicted molar refractivity (Wildman–Crippen MR) is 80.5 cm³/mol. The van der Waals surface area contributed by atoms with Crippen LogP contribution in [0.5, 0.6) is 0 Å². The van der Waals surface area contributed by atoms with Crippen molar-refractivity contribution in [1.29, 1.82) is 0 Å². The van der Waals surface area contributed by atoms with E-state index >= 15 is 0 Å². The molecule has 1 aliphatic rings. The first-order chi connectivity index (χ1) is 9.56. The maximum absolute atomic E-state index is 11.6. The number of rotatable bonds is 3. The lowest BCUT2D eigenvalue weighted by Crippen LogP contribution is -2.19. The number of hydrogen-bond donors (Lipinski definition) is 2. The number of benzene rings is 1. The number of carbonyl (C=O) groups is 1. The average molecular weight is 336 g/mol. The molecule has 3 N–H and O–H groups in total. The van der Waals surface area contributed by atoms with Crippen LogP contribution < -0.4 is 16.0 Å². The van der Waals surface area contributed by atoms with Crippen LogP contribution in [0.4, 0.5) is 11.4 Å².